The average Bonchev–Trinajstić information content (AvgIpc) is 2.62. The first kappa shape index (κ1) is 23.8. The molecule has 0 unspecified atom stereocenters. The maximum absolute atomic E-state index is 8.86. The molecule has 0 bridgehead atoms. The van der Waals surface area contributed by atoms with E-state index in [1.807, 2.05) is 24.3 Å². The summed E-state index contributed by atoms with van der Waals surface area (Å²) in [5, 5.41) is 35.0. The van der Waals surface area contributed by atoms with Crippen molar-refractivity contribution in [2.45, 2.75) is 25.7 Å². The van der Waals surface area contributed by atoms with Gasteiger partial charge in [-0.25, -0.2) is 0 Å². The van der Waals surface area contributed by atoms with Crippen molar-refractivity contribution in [1.82, 2.24) is 0 Å². The zero-order valence-corrected chi connectivity index (χ0v) is 19.0. The molecule has 0 heterocycles. The van der Waals surface area contributed by atoms with Gasteiger partial charge < -0.3 is 20.4 Å². The lowest BCUT2D eigenvalue weighted by molar-refractivity contribution is 0.298. The van der Waals surface area contributed by atoms with Crippen LogP contribution in [0.15, 0.2) is 36.4 Å². The molecule has 2 aromatic rings. The third-order valence-electron chi connectivity index (χ3n) is 3.80. The molecule has 0 spiro atoms. The second-order valence-corrected chi connectivity index (χ2v) is 8.07. The number of rotatable bonds is 8. The lowest BCUT2D eigenvalue weighted by atomic mass is 10.1. The minimum Gasteiger partial charge on any atom is -0.396 e. The Bertz CT molecular complexity index is 588. The van der Waals surface area contributed by atoms with Gasteiger partial charge in [-0.2, -0.15) is 0 Å². The fourth-order valence-corrected chi connectivity index (χ4v) is 3.99. The van der Waals surface area contributed by atoms with Crippen LogP contribution >= 0.6 is 45.2 Å². The van der Waals surface area contributed by atoms with Crippen LogP contribution in [0.1, 0.15) is 22.3 Å². The normalized spacial score (nSPS) is 10.4. The standard InChI is InChI=1S/C10H12I2O2.C10H14O2/c11-9-6-8(2-4-14)10(12)5-7(9)1-3-13;11-7-5-9-1-2-10(4-3-9)6-8-12/h5-6,13-14H,1-4H2;1-4,11-12H,5-8H2. The summed E-state index contributed by atoms with van der Waals surface area (Å²) >= 11 is 4.54. The Hall–Kier alpha value is -0.260. The van der Waals surface area contributed by atoms with Crippen molar-refractivity contribution in [2.24, 2.45) is 0 Å². The van der Waals surface area contributed by atoms with Crippen LogP contribution in [-0.4, -0.2) is 46.9 Å². The van der Waals surface area contributed by atoms with Gasteiger partial charge in [-0.1, -0.05) is 24.3 Å². The van der Waals surface area contributed by atoms with Gasteiger partial charge in [0.25, 0.3) is 0 Å². The van der Waals surface area contributed by atoms with Crippen LogP contribution in [0.5, 0.6) is 0 Å². The fraction of sp³-hybridized carbons (Fsp3) is 0.400. The van der Waals surface area contributed by atoms with Crippen LogP contribution in [0.3, 0.4) is 0 Å². The first-order valence-corrected chi connectivity index (χ1v) is 10.7. The lowest BCUT2D eigenvalue weighted by Crippen LogP contribution is -2.00. The Labute approximate surface area is 182 Å². The van der Waals surface area contributed by atoms with Crippen LogP contribution in [0.4, 0.5) is 0 Å². The smallest absolute Gasteiger partial charge is 0.0471 e. The van der Waals surface area contributed by atoms with Gasteiger partial charge in [-0.15, -0.1) is 0 Å². The van der Waals surface area contributed by atoms with Gasteiger partial charge >= 0.3 is 0 Å². The molecule has 0 atom stereocenters. The van der Waals surface area contributed by atoms with Crippen LogP contribution in [0.2, 0.25) is 0 Å². The predicted octanol–water partition coefficient (Wildman–Crippen LogP) is 2.72. The molecule has 0 fully saturated rings. The van der Waals surface area contributed by atoms with Gasteiger partial charge in [-0.3, -0.25) is 0 Å². The molecule has 0 saturated heterocycles. The molecule has 0 radical (unpaired) electrons. The van der Waals surface area contributed by atoms with Crippen LogP contribution in [-0.2, 0) is 25.7 Å². The molecule has 4 N–H and O–H groups in total. The summed E-state index contributed by atoms with van der Waals surface area (Å²) in [7, 11) is 0. The van der Waals surface area contributed by atoms with E-state index in [1.54, 1.807) is 0 Å². The third kappa shape index (κ3) is 8.62. The minimum atomic E-state index is 0.186. The second-order valence-electron chi connectivity index (χ2n) is 5.75. The minimum absolute atomic E-state index is 0.186. The van der Waals surface area contributed by atoms with E-state index in [1.165, 1.54) is 18.3 Å². The summed E-state index contributed by atoms with van der Waals surface area (Å²) in [6, 6.07) is 12.1. The Kier molecular flexibility index (Phi) is 12.7. The molecule has 144 valence electrons. The highest BCUT2D eigenvalue weighted by Gasteiger charge is 2.05. The molecule has 0 saturated carbocycles. The monoisotopic (exact) mass is 584 g/mol. The van der Waals surface area contributed by atoms with Crippen molar-refractivity contribution in [3.05, 3.63) is 65.8 Å². The summed E-state index contributed by atoms with van der Waals surface area (Å²) in [6.07, 6.45) is 2.82. The topological polar surface area (TPSA) is 80.9 Å². The average molecular weight is 584 g/mol. The Morgan fingerprint density at radius 1 is 0.538 bits per heavy atom. The molecule has 0 amide bonds. The van der Waals surface area contributed by atoms with Gasteiger partial charge in [0, 0.05) is 33.6 Å². The maximum atomic E-state index is 8.86. The van der Waals surface area contributed by atoms with Crippen LogP contribution < -0.4 is 0 Å². The van der Waals surface area contributed by atoms with E-state index in [4.69, 9.17) is 20.4 Å². The highest BCUT2D eigenvalue weighted by atomic mass is 127. The first-order chi connectivity index (χ1) is 12.5. The SMILES string of the molecule is OCCc1cc(I)c(CCO)cc1I.OCCc1ccc(CCO)cc1. The second kappa shape index (κ2) is 13.8. The Morgan fingerprint density at radius 3 is 1.12 bits per heavy atom. The highest BCUT2D eigenvalue weighted by molar-refractivity contribution is 14.1. The summed E-state index contributed by atoms with van der Waals surface area (Å²) in [4.78, 5) is 0. The quantitative estimate of drug-likeness (QED) is 0.360. The molecule has 2 aromatic carbocycles. The molecule has 6 heteroatoms. The molecular weight excluding hydrogens is 558 g/mol. The molecule has 0 aliphatic heterocycles. The van der Waals surface area contributed by atoms with Crippen molar-refractivity contribution in [3.63, 3.8) is 0 Å². The largest absolute Gasteiger partial charge is 0.396 e. The predicted molar refractivity (Wildman–Crippen MR) is 121 cm³/mol. The van der Waals surface area contributed by atoms with Gasteiger partial charge in [0.05, 0.1) is 0 Å². The van der Waals surface area contributed by atoms with Crippen molar-refractivity contribution < 1.29 is 20.4 Å². The van der Waals surface area contributed by atoms with E-state index in [9.17, 15) is 0 Å². The van der Waals surface area contributed by atoms with Crippen molar-refractivity contribution >= 4 is 45.2 Å². The molecule has 0 aliphatic carbocycles. The fourth-order valence-electron chi connectivity index (χ4n) is 2.38. The maximum Gasteiger partial charge on any atom is 0.0471 e. The van der Waals surface area contributed by atoms with Crippen molar-refractivity contribution in [2.75, 3.05) is 26.4 Å². The molecule has 2 rings (SSSR count). The molecule has 26 heavy (non-hydrogen) atoms. The van der Waals surface area contributed by atoms with E-state index in [2.05, 4.69) is 57.3 Å². The van der Waals surface area contributed by atoms with E-state index >= 15 is 0 Å². The van der Waals surface area contributed by atoms with Gasteiger partial charge in [0.2, 0.25) is 0 Å². The molecular formula is C20H26I2O4. The first-order valence-electron chi connectivity index (χ1n) is 8.53. The van der Waals surface area contributed by atoms with E-state index in [0.717, 1.165) is 11.1 Å². The molecule has 0 aliphatic rings. The zero-order chi connectivity index (χ0) is 19.4. The van der Waals surface area contributed by atoms with Crippen LogP contribution in [0.25, 0.3) is 0 Å². The zero-order valence-electron chi connectivity index (χ0n) is 14.7. The highest BCUT2D eigenvalue weighted by Crippen LogP contribution is 2.21. The lowest BCUT2D eigenvalue weighted by Gasteiger charge is -2.08. The van der Waals surface area contributed by atoms with Gasteiger partial charge in [0.1, 0.15) is 0 Å². The Morgan fingerprint density at radius 2 is 0.846 bits per heavy atom. The summed E-state index contributed by atoms with van der Waals surface area (Å²) < 4.78 is 2.33. The third-order valence-corrected chi connectivity index (χ3v) is 5.81. The van der Waals surface area contributed by atoms with E-state index in [0.29, 0.717) is 25.7 Å². The Balaban J connectivity index is 0.000000263. The number of halogens is 2. The number of aliphatic hydroxyl groups excluding tert-OH is 4. The van der Waals surface area contributed by atoms with Crippen LogP contribution in [0, 0.1) is 7.14 Å². The van der Waals surface area contributed by atoms with E-state index in [-0.39, 0.29) is 26.4 Å². The number of benzene rings is 2. The van der Waals surface area contributed by atoms with Gasteiger partial charge in [0.15, 0.2) is 0 Å². The summed E-state index contributed by atoms with van der Waals surface area (Å²) in [5.74, 6) is 0. The number of hydrogen-bond acceptors (Lipinski definition) is 4. The molecule has 4 nitrogen and oxygen atoms in total. The summed E-state index contributed by atoms with van der Waals surface area (Å²) in [5.41, 5.74) is 4.64. The van der Waals surface area contributed by atoms with Crippen molar-refractivity contribution in [1.29, 1.82) is 0 Å². The summed E-state index contributed by atoms with van der Waals surface area (Å²) in [6.45, 7) is 0.759. The molecule has 0 aromatic heterocycles. The van der Waals surface area contributed by atoms with Crippen molar-refractivity contribution in [3.8, 4) is 0 Å². The van der Waals surface area contributed by atoms with Gasteiger partial charge in [-0.05, 0) is 105 Å². The number of hydrogen-bond donors (Lipinski definition) is 4. The van der Waals surface area contributed by atoms with E-state index < -0.39 is 0 Å². The number of aliphatic hydroxyl groups is 4.